The van der Waals surface area contributed by atoms with E-state index in [1.54, 1.807) is 13.8 Å². The molecule has 1 aromatic heterocycles. The Hall–Kier alpha value is -1.41. The number of rotatable bonds is 5. The van der Waals surface area contributed by atoms with Crippen LogP contribution < -0.4 is 9.64 Å². The van der Waals surface area contributed by atoms with Crippen LogP contribution in [0.2, 0.25) is 0 Å². The van der Waals surface area contributed by atoms with Crippen LogP contribution in [-0.2, 0) is 9.53 Å². The van der Waals surface area contributed by atoms with Crippen LogP contribution >= 0.6 is 11.7 Å². The molecule has 1 fully saturated rings. The van der Waals surface area contributed by atoms with Gasteiger partial charge < -0.3 is 19.3 Å². The fraction of sp³-hybridized carbons (Fsp3) is 0.750. The van der Waals surface area contributed by atoms with Crippen LogP contribution in [0.15, 0.2) is 0 Å². The quantitative estimate of drug-likeness (QED) is 0.738. The van der Waals surface area contributed by atoms with Crippen molar-refractivity contribution in [3.05, 3.63) is 0 Å². The average molecular weight is 300 g/mol. The van der Waals surface area contributed by atoms with E-state index in [1.165, 1.54) is 0 Å². The zero-order valence-electron chi connectivity index (χ0n) is 12.0. The summed E-state index contributed by atoms with van der Waals surface area (Å²) in [6, 6.07) is 0. The van der Waals surface area contributed by atoms with E-state index in [0.29, 0.717) is 12.5 Å². The molecule has 0 saturated carbocycles. The Morgan fingerprint density at radius 3 is 2.70 bits per heavy atom. The molecule has 1 aliphatic rings. The van der Waals surface area contributed by atoms with E-state index in [4.69, 9.17) is 9.47 Å². The number of nitrogens with zero attached hydrogens (tertiary/aromatic N) is 4. The number of aromatic nitrogens is 2. The Morgan fingerprint density at radius 1 is 1.35 bits per heavy atom. The highest BCUT2D eigenvalue weighted by Gasteiger charge is 2.24. The molecule has 0 spiro atoms. The van der Waals surface area contributed by atoms with Gasteiger partial charge in [0.05, 0.1) is 18.3 Å². The van der Waals surface area contributed by atoms with Gasteiger partial charge in [0.25, 0.3) is 5.88 Å². The first-order chi connectivity index (χ1) is 9.61. The maximum atomic E-state index is 11.6. The number of piperazine rings is 1. The van der Waals surface area contributed by atoms with Crippen LogP contribution in [0.5, 0.6) is 5.88 Å². The van der Waals surface area contributed by atoms with E-state index in [9.17, 15) is 4.79 Å². The first kappa shape index (κ1) is 15.0. The van der Waals surface area contributed by atoms with Gasteiger partial charge >= 0.3 is 5.97 Å². The zero-order valence-corrected chi connectivity index (χ0v) is 12.9. The lowest BCUT2D eigenvalue weighted by Crippen LogP contribution is -2.44. The fourth-order valence-electron chi connectivity index (χ4n) is 1.94. The number of esters is 1. The third-order valence-corrected chi connectivity index (χ3v) is 3.65. The Balaban J connectivity index is 1.99. The normalized spacial score (nSPS) is 17.9. The Labute approximate surface area is 122 Å². The Kier molecular flexibility index (Phi) is 5.13. The molecule has 1 unspecified atom stereocenters. The number of ether oxygens (including phenoxy) is 2. The lowest BCUT2D eigenvalue weighted by atomic mass is 10.3. The summed E-state index contributed by atoms with van der Waals surface area (Å²) in [6.07, 6.45) is -0.676. The summed E-state index contributed by atoms with van der Waals surface area (Å²) in [5, 5.41) is 0. The van der Waals surface area contributed by atoms with Gasteiger partial charge in [-0.2, -0.15) is 4.37 Å². The van der Waals surface area contributed by atoms with E-state index >= 15 is 0 Å². The molecule has 0 radical (unpaired) electrons. The number of hydrogen-bond acceptors (Lipinski definition) is 8. The average Bonchev–Trinajstić information content (AvgIpc) is 2.88. The van der Waals surface area contributed by atoms with E-state index in [-0.39, 0.29) is 5.97 Å². The monoisotopic (exact) mass is 300 g/mol. The van der Waals surface area contributed by atoms with Crippen LogP contribution in [0, 0.1) is 0 Å². The minimum Gasteiger partial charge on any atom is -0.463 e. The van der Waals surface area contributed by atoms with Crippen molar-refractivity contribution in [3.63, 3.8) is 0 Å². The summed E-state index contributed by atoms with van der Waals surface area (Å²) in [5.41, 5.74) is 0. The molecule has 0 aromatic carbocycles. The first-order valence-corrected chi connectivity index (χ1v) is 7.44. The summed E-state index contributed by atoms with van der Waals surface area (Å²) >= 11 is 1.10. The highest BCUT2D eigenvalue weighted by molar-refractivity contribution is 6.99. The minimum atomic E-state index is -0.676. The Morgan fingerprint density at radius 2 is 2.05 bits per heavy atom. The van der Waals surface area contributed by atoms with Crippen LogP contribution in [-0.4, -0.2) is 65.6 Å². The van der Waals surface area contributed by atoms with Crippen LogP contribution in [0.4, 0.5) is 5.82 Å². The molecule has 112 valence electrons. The molecule has 1 aromatic rings. The third-order valence-electron chi connectivity index (χ3n) is 3.15. The summed E-state index contributed by atoms with van der Waals surface area (Å²) in [5.74, 6) is 0.754. The maximum absolute atomic E-state index is 11.6. The van der Waals surface area contributed by atoms with Gasteiger partial charge in [-0.1, -0.05) is 0 Å². The van der Waals surface area contributed by atoms with Crippen LogP contribution in [0.25, 0.3) is 0 Å². The van der Waals surface area contributed by atoms with Gasteiger partial charge in [-0.15, -0.1) is 4.37 Å². The summed E-state index contributed by atoms with van der Waals surface area (Å²) in [4.78, 5) is 16.0. The largest absolute Gasteiger partial charge is 0.463 e. The molecule has 0 aliphatic carbocycles. The third kappa shape index (κ3) is 3.57. The Bertz CT molecular complexity index is 446. The molecule has 1 saturated heterocycles. The van der Waals surface area contributed by atoms with Gasteiger partial charge in [-0.3, -0.25) is 0 Å². The van der Waals surface area contributed by atoms with Crippen molar-refractivity contribution in [2.24, 2.45) is 0 Å². The minimum absolute atomic E-state index is 0.340. The molecule has 0 N–H and O–H groups in total. The molecule has 8 heteroatoms. The van der Waals surface area contributed by atoms with E-state index in [2.05, 4.69) is 25.6 Å². The molecule has 1 aliphatic heterocycles. The zero-order chi connectivity index (χ0) is 14.5. The van der Waals surface area contributed by atoms with E-state index in [0.717, 1.165) is 43.7 Å². The molecule has 20 heavy (non-hydrogen) atoms. The second-order valence-electron chi connectivity index (χ2n) is 4.70. The highest BCUT2D eigenvalue weighted by Crippen LogP contribution is 2.27. The summed E-state index contributed by atoms with van der Waals surface area (Å²) in [7, 11) is 2.09. The van der Waals surface area contributed by atoms with Crippen molar-refractivity contribution < 1.29 is 14.3 Å². The second kappa shape index (κ2) is 6.85. The van der Waals surface area contributed by atoms with E-state index in [1.807, 2.05) is 0 Å². The van der Waals surface area contributed by atoms with E-state index < -0.39 is 6.10 Å². The predicted molar refractivity (Wildman–Crippen MR) is 76.3 cm³/mol. The van der Waals surface area contributed by atoms with Crippen molar-refractivity contribution in [1.82, 2.24) is 13.6 Å². The molecular formula is C12H20N4O3S. The van der Waals surface area contributed by atoms with Gasteiger partial charge in [0.2, 0.25) is 5.82 Å². The van der Waals surface area contributed by atoms with Crippen LogP contribution in [0.1, 0.15) is 13.8 Å². The topological polar surface area (TPSA) is 67.8 Å². The second-order valence-corrected chi connectivity index (χ2v) is 5.22. The van der Waals surface area contributed by atoms with Crippen LogP contribution in [0.3, 0.4) is 0 Å². The molecular weight excluding hydrogens is 280 g/mol. The van der Waals surface area contributed by atoms with Gasteiger partial charge in [0, 0.05) is 26.2 Å². The lowest BCUT2D eigenvalue weighted by Gasteiger charge is -2.32. The van der Waals surface area contributed by atoms with Crippen molar-refractivity contribution in [1.29, 1.82) is 0 Å². The number of anilines is 1. The summed E-state index contributed by atoms with van der Waals surface area (Å²) < 4.78 is 18.9. The smallest absolute Gasteiger partial charge is 0.347 e. The molecule has 2 rings (SSSR count). The lowest BCUT2D eigenvalue weighted by molar-refractivity contribution is -0.150. The van der Waals surface area contributed by atoms with Crippen molar-refractivity contribution >= 4 is 23.5 Å². The standard InChI is InChI=1S/C12H20N4O3S/c1-4-18-12(17)9(2)19-11-10(13-20-14-11)16-7-5-15(3)6-8-16/h9H,4-8H2,1-3H3. The number of carbonyl (C=O) groups excluding carboxylic acids is 1. The van der Waals surface area contributed by atoms with Crippen molar-refractivity contribution in [2.75, 3.05) is 44.7 Å². The van der Waals surface area contributed by atoms with Gasteiger partial charge in [-0.05, 0) is 20.9 Å². The number of hydrogen-bond donors (Lipinski definition) is 0. The highest BCUT2D eigenvalue weighted by atomic mass is 32.1. The number of carbonyl (C=O) groups is 1. The van der Waals surface area contributed by atoms with Crippen molar-refractivity contribution in [2.45, 2.75) is 20.0 Å². The molecule has 7 nitrogen and oxygen atoms in total. The SMILES string of the molecule is CCOC(=O)C(C)Oc1nsnc1N1CCN(C)CC1. The molecule has 0 amide bonds. The van der Waals surface area contributed by atoms with Gasteiger partial charge in [-0.25, -0.2) is 4.79 Å². The molecule has 2 heterocycles. The van der Waals surface area contributed by atoms with Crippen molar-refractivity contribution in [3.8, 4) is 5.88 Å². The maximum Gasteiger partial charge on any atom is 0.347 e. The first-order valence-electron chi connectivity index (χ1n) is 6.71. The molecule has 0 bridgehead atoms. The summed E-state index contributed by atoms with van der Waals surface area (Å²) in [6.45, 7) is 7.48. The fourth-order valence-corrected chi connectivity index (χ4v) is 2.45. The molecule has 1 atom stereocenters. The van der Waals surface area contributed by atoms with Gasteiger partial charge in [0.1, 0.15) is 0 Å². The number of likely N-dealkylation sites (N-methyl/N-ethyl adjacent to an activating group) is 1. The van der Waals surface area contributed by atoms with Gasteiger partial charge in [0.15, 0.2) is 6.10 Å². The predicted octanol–water partition coefficient (Wildman–Crippen LogP) is 0.620.